The molecule has 0 saturated carbocycles. The number of hydrogen-bond acceptors (Lipinski definition) is 3. The third-order valence-electron chi connectivity index (χ3n) is 3.52. The smallest absolute Gasteiger partial charge is 0.132 e. The van der Waals surface area contributed by atoms with Crippen LogP contribution in [0.5, 0.6) is 0 Å². The molecule has 3 rings (SSSR count). The molecule has 0 saturated heterocycles. The van der Waals surface area contributed by atoms with Crippen LogP contribution in [0.3, 0.4) is 0 Å². The third-order valence-corrected chi connectivity index (χ3v) is 3.52. The molecule has 3 heteroatoms. The molecule has 92 valence electrons. The highest BCUT2D eigenvalue weighted by Crippen LogP contribution is 2.20. The molecule has 0 aliphatic heterocycles. The minimum Gasteiger partial charge on any atom is -0.398 e. The van der Waals surface area contributed by atoms with Crippen LogP contribution in [0.1, 0.15) is 35.5 Å². The number of nitrogens with two attached hydrogens (primary N) is 1. The number of anilines is 1. The Bertz CT molecular complexity index is 563. The summed E-state index contributed by atoms with van der Waals surface area (Å²) >= 11 is 0. The van der Waals surface area contributed by atoms with Gasteiger partial charge in [-0.3, -0.25) is 0 Å². The van der Waals surface area contributed by atoms with E-state index in [9.17, 15) is 0 Å². The van der Waals surface area contributed by atoms with Gasteiger partial charge < -0.3 is 5.73 Å². The van der Waals surface area contributed by atoms with Crippen LogP contribution >= 0.6 is 0 Å². The zero-order valence-electron chi connectivity index (χ0n) is 10.4. The summed E-state index contributed by atoms with van der Waals surface area (Å²) in [6, 6.07) is 7.92. The molecule has 0 atom stereocenters. The molecule has 1 aromatic carbocycles. The fourth-order valence-electron chi connectivity index (χ4n) is 2.47. The highest BCUT2D eigenvalue weighted by molar-refractivity contribution is 5.47. The number of para-hydroxylation sites is 1. The van der Waals surface area contributed by atoms with Gasteiger partial charge in [-0.15, -0.1) is 0 Å². The summed E-state index contributed by atoms with van der Waals surface area (Å²) in [5.41, 5.74) is 10.4. The van der Waals surface area contributed by atoms with Crippen molar-refractivity contribution in [2.75, 3.05) is 5.73 Å². The highest BCUT2D eigenvalue weighted by Gasteiger charge is 2.12. The number of aromatic nitrogens is 2. The summed E-state index contributed by atoms with van der Waals surface area (Å²) in [5.74, 6) is 0.883. The summed E-state index contributed by atoms with van der Waals surface area (Å²) in [6.45, 7) is 0. The van der Waals surface area contributed by atoms with Gasteiger partial charge in [-0.2, -0.15) is 0 Å². The normalized spacial score (nSPS) is 14.2. The quantitative estimate of drug-likeness (QED) is 0.819. The van der Waals surface area contributed by atoms with Crippen LogP contribution < -0.4 is 5.73 Å². The monoisotopic (exact) mass is 239 g/mol. The molecular weight excluding hydrogens is 222 g/mol. The number of fused-ring (bicyclic) bond motifs is 1. The van der Waals surface area contributed by atoms with Gasteiger partial charge >= 0.3 is 0 Å². The zero-order chi connectivity index (χ0) is 12.4. The van der Waals surface area contributed by atoms with E-state index in [4.69, 9.17) is 5.73 Å². The number of nitrogens with zero attached hydrogens (tertiary/aromatic N) is 2. The maximum atomic E-state index is 5.95. The molecule has 0 bridgehead atoms. The maximum absolute atomic E-state index is 5.95. The minimum absolute atomic E-state index is 0.722. The zero-order valence-corrected chi connectivity index (χ0v) is 10.4. The van der Waals surface area contributed by atoms with Crippen molar-refractivity contribution < 1.29 is 0 Å². The van der Waals surface area contributed by atoms with Gasteiger partial charge in [0.25, 0.3) is 0 Å². The van der Waals surface area contributed by atoms with Gasteiger partial charge in [0.2, 0.25) is 0 Å². The summed E-state index contributed by atoms with van der Waals surface area (Å²) in [5, 5.41) is 0. The second-order valence-electron chi connectivity index (χ2n) is 4.84. The Morgan fingerprint density at radius 1 is 1.11 bits per heavy atom. The first kappa shape index (κ1) is 11.2. The van der Waals surface area contributed by atoms with E-state index in [2.05, 4.69) is 9.97 Å². The van der Waals surface area contributed by atoms with Gasteiger partial charge in [-0.1, -0.05) is 18.2 Å². The van der Waals surface area contributed by atoms with Crippen LogP contribution in [0.4, 0.5) is 5.69 Å². The number of rotatable bonds is 2. The fourth-order valence-corrected chi connectivity index (χ4v) is 2.47. The van der Waals surface area contributed by atoms with Gasteiger partial charge in [0, 0.05) is 24.0 Å². The SMILES string of the molecule is Nc1ccccc1Cc1ncc2c(n1)CCCC2. The number of benzene rings is 1. The number of hydrogen-bond donors (Lipinski definition) is 1. The predicted molar refractivity (Wildman–Crippen MR) is 72.3 cm³/mol. The van der Waals surface area contributed by atoms with Gasteiger partial charge in [0.1, 0.15) is 5.82 Å². The van der Waals surface area contributed by atoms with E-state index >= 15 is 0 Å². The fraction of sp³-hybridized carbons (Fsp3) is 0.333. The average Bonchev–Trinajstić information content (AvgIpc) is 2.41. The molecule has 1 heterocycles. The Morgan fingerprint density at radius 2 is 1.94 bits per heavy atom. The summed E-state index contributed by atoms with van der Waals surface area (Å²) in [4.78, 5) is 9.14. The molecule has 2 aromatic rings. The Hall–Kier alpha value is -1.90. The van der Waals surface area contributed by atoms with Crippen LogP contribution in [0, 0.1) is 0 Å². The topological polar surface area (TPSA) is 51.8 Å². The standard InChI is InChI=1S/C15H17N3/c16-13-7-3-1-5-11(13)9-15-17-10-12-6-2-4-8-14(12)18-15/h1,3,5,7,10H,2,4,6,8-9,16H2. The van der Waals surface area contributed by atoms with Crippen LogP contribution in [0.2, 0.25) is 0 Å². The first-order valence-corrected chi connectivity index (χ1v) is 6.50. The largest absolute Gasteiger partial charge is 0.398 e. The Labute approximate surface area is 107 Å². The molecule has 3 nitrogen and oxygen atoms in total. The van der Waals surface area contributed by atoms with Crippen molar-refractivity contribution in [3.05, 3.63) is 53.1 Å². The van der Waals surface area contributed by atoms with E-state index < -0.39 is 0 Å². The van der Waals surface area contributed by atoms with Crippen molar-refractivity contribution in [1.29, 1.82) is 0 Å². The Kier molecular flexibility index (Phi) is 2.97. The van der Waals surface area contributed by atoms with E-state index in [-0.39, 0.29) is 0 Å². The Morgan fingerprint density at radius 3 is 2.83 bits per heavy atom. The van der Waals surface area contributed by atoms with Crippen LogP contribution in [-0.2, 0) is 19.3 Å². The van der Waals surface area contributed by atoms with Crippen molar-refractivity contribution in [3.8, 4) is 0 Å². The molecule has 18 heavy (non-hydrogen) atoms. The lowest BCUT2D eigenvalue weighted by Gasteiger charge is -2.14. The maximum Gasteiger partial charge on any atom is 0.132 e. The lowest BCUT2D eigenvalue weighted by Crippen LogP contribution is -2.09. The molecule has 2 N–H and O–H groups in total. The van der Waals surface area contributed by atoms with Crippen LogP contribution in [-0.4, -0.2) is 9.97 Å². The summed E-state index contributed by atoms with van der Waals surface area (Å²) in [6.07, 6.45) is 7.45. The molecule has 1 aromatic heterocycles. The third kappa shape index (κ3) is 2.21. The van der Waals surface area contributed by atoms with E-state index in [1.807, 2.05) is 30.5 Å². The molecule has 0 amide bonds. The van der Waals surface area contributed by atoms with E-state index in [1.165, 1.54) is 24.1 Å². The van der Waals surface area contributed by atoms with Crippen molar-refractivity contribution >= 4 is 5.69 Å². The van der Waals surface area contributed by atoms with Crippen molar-refractivity contribution in [3.63, 3.8) is 0 Å². The second kappa shape index (κ2) is 4.77. The van der Waals surface area contributed by atoms with E-state index in [0.29, 0.717) is 0 Å². The molecule has 0 radical (unpaired) electrons. The molecular formula is C15H17N3. The Balaban J connectivity index is 1.87. The van der Waals surface area contributed by atoms with Crippen LogP contribution in [0.25, 0.3) is 0 Å². The lowest BCUT2D eigenvalue weighted by atomic mass is 9.97. The van der Waals surface area contributed by atoms with Gasteiger partial charge in [-0.05, 0) is 42.9 Å². The summed E-state index contributed by atoms with van der Waals surface area (Å²) < 4.78 is 0. The first-order valence-electron chi connectivity index (χ1n) is 6.50. The van der Waals surface area contributed by atoms with Crippen LogP contribution in [0.15, 0.2) is 30.5 Å². The molecule has 0 spiro atoms. The lowest BCUT2D eigenvalue weighted by molar-refractivity contribution is 0.655. The summed E-state index contributed by atoms with van der Waals surface area (Å²) in [7, 11) is 0. The number of aryl methyl sites for hydroxylation is 2. The number of nitrogen functional groups attached to an aromatic ring is 1. The van der Waals surface area contributed by atoms with Crippen molar-refractivity contribution in [2.45, 2.75) is 32.1 Å². The minimum atomic E-state index is 0.722. The first-order chi connectivity index (χ1) is 8.83. The van der Waals surface area contributed by atoms with Gasteiger partial charge in [-0.25, -0.2) is 9.97 Å². The molecule has 0 fully saturated rings. The predicted octanol–water partition coefficient (Wildman–Crippen LogP) is 2.53. The molecule has 1 aliphatic rings. The highest BCUT2D eigenvalue weighted by atomic mass is 14.9. The van der Waals surface area contributed by atoms with Crippen molar-refractivity contribution in [2.24, 2.45) is 0 Å². The van der Waals surface area contributed by atoms with Crippen molar-refractivity contribution in [1.82, 2.24) is 9.97 Å². The van der Waals surface area contributed by atoms with E-state index in [0.717, 1.165) is 36.3 Å². The second-order valence-corrected chi connectivity index (χ2v) is 4.84. The van der Waals surface area contributed by atoms with E-state index in [1.54, 1.807) is 0 Å². The van der Waals surface area contributed by atoms with Gasteiger partial charge in [0.15, 0.2) is 0 Å². The average molecular weight is 239 g/mol. The van der Waals surface area contributed by atoms with Gasteiger partial charge in [0.05, 0.1) is 0 Å². The molecule has 1 aliphatic carbocycles. The molecule has 0 unspecified atom stereocenters.